The largest absolute Gasteiger partial charge is 0.396 e. The average Bonchev–Trinajstić information content (AvgIpc) is 2.58. The van der Waals surface area contributed by atoms with Crippen molar-refractivity contribution in [3.63, 3.8) is 0 Å². The molecule has 2 N–H and O–H groups in total. The Morgan fingerprint density at radius 3 is 2.71 bits per heavy atom. The van der Waals surface area contributed by atoms with Gasteiger partial charge in [0.15, 0.2) is 0 Å². The summed E-state index contributed by atoms with van der Waals surface area (Å²) in [4.78, 5) is 24.8. The van der Waals surface area contributed by atoms with Crippen molar-refractivity contribution in [1.29, 1.82) is 0 Å². The van der Waals surface area contributed by atoms with Crippen LogP contribution in [0.15, 0.2) is 0 Å². The number of rotatable bonds is 4. The van der Waals surface area contributed by atoms with E-state index in [1.54, 1.807) is 11.9 Å². The average molecular weight is 240 g/mol. The van der Waals surface area contributed by atoms with Crippen molar-refractivity contribution in [3.8, 4) is 0 Å². The van der Waals surface area contributed by atoms with Crippen LogP contribution in [0.25, 0.3) is 0 Å². The van der Waals surface area contributed by atoms with Crippen LogP contribution in [-0.4, -0.2) is 48.6 Å². The van der Waals surface area contributed by atoms with Crippen LogP contribution in [0.5, 0.6) is 0 Å². The van der Waals surface area contributed by atoms with Crippen molar-refractivity contribution in [2.24, 2.45) is 11.3 Å². The number of hydrogen-bond donors (Lipinski definition) is 2. The molecule has 2 aliphatic rings. The van der Waals surface area contributed by atoms with Gasteiger partial charge in [-0.1, -0.05) is 6.42 Å². The van der Waals surface area contributed by atoms with Crippen molar-refractivity contribution >= 4 is 11.8 Å². The SMILES string of the molecule is CN1CC(C(=O)NCC2(CO)CCC2)CC1=O. The van der Waals surface area contributed by atoms with Crippen LogP contribution in [0.2, 0.25) is 0 Å². The summed E-state index contributed by atoms with van der Waals surface area (Å²) in [6.07, 6.45) is 3.40. The molecule has 1 saturated heterocycles. The fourth-order valence-corrected chi connectivity index (χ4v) is 2.53. The maximum atomic E-state index is 11.9. The van der Waals surface area contributed by atoms with Crippen LogP contribution >= 0.6 is 0 Å². The van der Waals surface area contributed by atoms with Crippen molar-refractivity contribution in [2.75, 3.05) is 26.7 Å². The molecular formula is C12H20N2O3. The molecule has 0 bridgehead atoms. The molecule has 0 aromatic rings. The van der Waals surface area contributed by atoms with Crippen LogP contribution in [0.1, 0.15) is 25.7 Å². The number of nitrogens with one attached hydrogen (secondary N) is 1. The second kappa shape index (κ2) is 4.64. The maximum absolute atomic E-state index is 11.9. The van der Waals surface area contributed by atoms with E-state index >= 15 is 0 Å². The van der Waals surface area contributed by atoms with E-state index in [2.05, 4.69) is 5.32 Å². The van der Waals surface area contributed by atoms with E-state index in [4.69, 9.17) is 0 Å². The third-order valence-corrected chi connectivity index (χ3v) is 4.10. The lowest BCUT2D eigenvalue weighted by Gasteiger charge is -2.40. The van der Waals surface area contributed by atoms with Gasteiger partial charge in [-0.3, -0.25) is 9.59 Å². The highest BCUT2D eigenvalue weighted by molar-refractivity contribution is 5.89. The molecule has 1 aliphatic heterocycles. The number of nitrogens with zero attached hydrogens (tertiary/aromatic N) is 1. The molecule has 96 valence electrons. The zero-order valence-electron chi connectivity index (χ0n) is 10.2. The minimum absolute atomic E-state index is 0.0330. The highest BCUT2D eigenvalue weighted by Crippen LogP contribution is 2.39. The van der Waals surface area contributed by atoms with Gasteiger partial charge >= 0.3 is 0 Å². The number of carbonyl (C=O) groups excluding carboxylic acids is 2. The highest BCUT2D eigenvalue weighted by Gasteiger charge is 2.38. The molecule has 1 aliphatic carbocycles. The molecule has 2 fully saturated rings. The van der Waals surface area contributed by atoms with Crippen LogP contribution in [0, 0.1) is 11.3 Å². The molecule has 0 aromatic carbocycles. The Hall–Kier alpha value is -1.10. The van der Waals surface area contributed by atoms with Crippen molar-refractivity contribution in [3.05, 3.63) is 0 Å². The molecule has 1 heterocycles. The Kier molecular flexibility index (Phi) is 3.38. The van der Waals surface area contributed by atoms with Gasteiger partial charge in [-0.2, -0.15) is 0 Å². The van der Waals surface area contributed by atoms with Gasteiger partial charge in [-0.05, 0) is 12.8 Å². The summed E-state index contributed by atoms with van der Waals surface area (Å²) < 4.78 is 0. The summed E-state index contributed by atoms with van der Waals surface area (Å²) in [5.74, 6) is -0.239. The lowest BCUT2D eigenvalue weighted by Crippen LogP contribution is -2.46. The third-order valence-electron chi connectivity index (χ3n) is 4.10. The summed E-state index contributed by atoms with van der Waals surface area (Å²) >= 11 is 0. The molecule has 1 saturated carbocycles. The zero-order chi connectivity index (χ0) is 12.5. The Bertz CT molecular complexity index is 320. The summed E-state index contributed by atoms with van der Waals surface area (Å²) in [6.45, 7) is 1.18. The predicted molar refractivity (Wildman–Crippen MR) is 62.1 cm³/mol. The second-order valence-corrected chi connectivity index (χ2v) is 5.40. The van der Waals surface area contributed by atoms with Crippen LogP contribution in [0.3, 0.4) is 0 Å². The van der Waals surface area contributed by atoms with Gasteiger partial charge in [0.25, 0.3) is 0 Å². The topological polar surface area (TPSA) is 69.6 Å². The van der Waals surface area contributed by atoms with Crippen molar-refractivity contribution in [1.82, 2.24) is 10.2 Å². The Morgan fingerprint density at radius 2 is 2.29 bits per heavy atom. The Labute approximate surface area is 101 Å². The zero-order valence-corrected chi connectivity index (χ0v) is 10.2. The van der Waals surface area contributed by atoms with E-state index in [0.29, 0.717) is 19.5 Å². The highest BCUT2D eigenvalue weighted by atomic mass is 16.3. The van der Waals surface area contributed by atoms with Gasteiger partial charge in [0.05, 0.1) is 12.5 Å². The number of amides is 2. The second-order valence-electron chi connectivity index (χ2n) is 5.40. The standard InChI is InChI=1S/C12H20N2O3/c1-14-6-9(5-10(14)16)11(17)13-7-12(8-15)3-2-4-12/h9,15H,2-8H2,1H3,(H,13,17). The van der Waals surface area contributed by atoms with Gasteiger partial charge < -0.3 is 15.3 Å². The van der Waals surface area contributed by atoms with Crippen molar-refractivity contribution in [2.45, 2.75) is 25.7 Å². The lowest BCUT2D eigenvalue weighted by atomic mass is 9.69. The first-order valence-corrected chi connectivity index (χ1v) is 6.19. The molecule has 1 atom stereocenters. The molecule has 17 heavy (non-hydrogen) atoms. The molecule has 2 amide bonds. The van der Waals surface area contributed by atoms with E-state index in [-0.39, 0.29) is 29.8 Å². The quantitative estimate of drug-likeness (QED) is 0.711. The monoisotopic (exact) mass is 240 g/mol. The molecule has 0 radical (unpaired) electrons. The molecule has 0 aromatic heterocycles. The maximum Gasteiger partial charge on any atom is 0.225 e. The van der Waals surface area contributed by atoms with E-state index in [1.807, 2.05) is 0 Å². The van der Waals surface area contributed by atoms with E-state index in [0.717, 1.165) is 19.3 Å². The predicted octanol–water partition coefficient (Wildman–Crippen LogP) is -0.257. The first-order valence-electron chi connectivity index (χ1n) is 6.19. The molecule has 1 unspecified atom stereocenters. The number of carbonyl (C=O) groups is 2. The summed E-state index contributed by atoms with van der Waals surface area (Å²) in [7, 11) is 1.72. The summed E-state index contributed by atoms with van der Waals surface area (Å²) in [5, 5.41) is 12.2. The number of aliphatic hydroxyl groups excluding tert-OH is 1. The van der Waals surface area contributed by atoms with Gasteiger partial charge in [0.2, 0.25) is 11.8 Å². The van der Waals surface area contributed by atoms with Crippen LogP contribution < -0.4 is 5.32 Å². The fraction of sp³-hybridized carbons (Fsp3) is 0.833. The molecule has 0 spiro atoms. The minimum atomic E-state index is -0.219. The van der Waals surface area contributed by atoms with E-state index in [1.165, 1.54) is 0 Å². The molecular weight excluding hydrogens is 220 g/mol. The number of likely N-dealkylation sites (tertiary alicyclic amines) is 1. The fourth-order valence-electron chi connectivity index (χ4n) is 2.53. The molecule has 2 rings (SSSR count). The lowest BCUT2D eigenvalue weighted by molar-refractivity contribution is -0.128. The smallest absolute Gasteiger partial charge is 0.225 e. The number of hydrogen-bond acceptors (Lipinski definition) is 3. The first kappa shape index (κ1) is 12.4. The molecule has 5 nitrogen and oxygen atoms in total. The normalized spacial score (nSPS) is 26.8. The summed E-state index contributed by atoms with van der Waals surface area (Å²) in [5.41, 5.74) is -0.0931. The summed E-state index contributed by atoms with van der Waals surface area (Å²) in [6, 6.07) is 0. The Morgan fingerprint density at radius 1 is 1.59 bits per heavy atom. The third kappa shape index (κ3) is 2.44. The van der Waals surface area contributed by atoms with Gasteiger partial charge in [-0.15, -0.1) is 0 Å². The van der Waals surface area contributed by atoms with E-state index in [9.17, 15) is 14.7 Å². The van der Waals surface area contributed by atoms with Crippen LogP contribution in [-0.2, 0) is 9.59 Å². The minimum Gasteiger partial charge on any atom is -0.396 e. The number of aliphatic hydroxyl groups is 1. The van der Waals surface area contributed by atoms with Crippen molar-refractivity contribution < 1.29 is 14.7 Å². The van der Waals surface area contributed by atoms with E-state index < -0.39 is 0 Å². The van der Waals surface area contributed by atoms with Gasteiger partial charge in [0.1, 0.15) is 0 Å². The van der Waals surface area contributed by atoms with Gasteiger partial charge in [-0.25, -0.2) is 0 Å². The van der Waals surface area contributed by atoms with Crippen LogP contribution in [0.4, 0.5) is 0 Å². The Balaban J connectivity index is 1.80. The first-order chi connectivity index (χ1) is 8.06. The van der Waals surface area contributed by atoms with Gasteiger partial charge in [0, 0.05) is 32.0 Å². The molecule has 5 heteroatoms.